The van der Waals surface area contributed by atoms with Crippen LogP contribution in [0.15, 0.2) is 17.0 Å². The Labute approximate surface area is 106 Å². The lowest BCUT2D eigenvalue weighted by Crippen LogP contribution is -2.27. The third kappa shape index (κ3) is 2.18. The smallest absolute Gasteiger partial charge is 0.244 e. The van der Waals surface area contributed by atoms with Gasteiger partial charge in [0.2, 0.25) is 10.0 Å². The van der Waals surface area contributed by atoms with Gasteiger partial charge < -0.3 is 10.5 Å². The van der Waals surface area contributed by atoms with E-state index < -0.39 is 10.0 Å². The Bertz CT molecular complexity index is 579. The second kappa shape index (κ2) is 4.13. The van der Waals surface area contributed by atoms with Crippen LogP contribution in [0.25, 0.3) is 0 Å². The standard InChI is InChI=1S/C12H16N2O3S/c13-9-6-8-2-1-5-17-12(8)11(7-9)18(15,16)14-10-3-4-10/h6-7,10,14H,1-5,13H2. The van der Waals surface area contributed by atoms with Crippen molar-refractivity contribution in [3.63, 3.8) is 0 Å². The normalized spacial score (nSPS) is 19.1. The van der Waals surface area contributed by atoms with Gasteiger partial charge in [-0.3, -0.25) is 0 Å². The zero-order valence-electron chi connectivity index (χ0n) is 9.98. The van der Waals surface area contributed by atoms with E-state index in [2.05, 4.69) is 4.72 Å². The Balaban J connectivity index is 2.07. The molecule has 3 N–H and O–H groups in total. The number of sulfonamides is 1. The summed E-state index contributed by atoms with van der Waals surface area (Å²) >= 11 is 0. The molecule has 1 aromatic carbocycles. The molecule has 0 radical (unpaired) electrons. The lowest BCUT2D eigenvalue weighted by molar-refractivity contribution is 0.280. The molecule has 1 aliphatic carbocycles. The molecule has 18 heavy (non-hydrogen) atoms. The van der Waals surface area contributed by atoms with E-state index in [1.807, 2.05) is 0 Å². The van der Waals surface area contributed by atoms with E-state index in [1.165, 1.54) is 6.07 Å². The number of rotatable bonds is 3. The number of ether oxygens (including phenoxy) is 1. The van der Waals surface area contributed by atoms with E-state index >= 15 is 0 Å². The van der Waals surface area contributed by atoms with Gasteiger partial charge in [-0.05, 0) is 43.4 Å². The highest BCUT2D eigenvalue weighted by Crippen LogP contribution is 2.35. The van der Waals surface area contributed by atoms with Crippen molar-refractivity contribution in [2.24, 2.45) is 0 Å². The van der Waals surface area contributed by atoms with Crippen molar-refractivity contribution in [2.75, 3.05) is 12.3 Å². The van der Waals surface area contributed by atoms with Crippen LogP contribution in [0.2, 0.25) is 0 Å². The van der Waals surface area contributed by atoms with Gasteiger partial charge in [0.05, 0.1) is 6.61 Å². The fourth-order valence-corrected chi connectivity index (χ4v) is 3.68. The van der Waals surface area contributed by atoms with Crippen molar-refractivity contribution < 1.29 is 13.2 Å². The molecule has 0 aromatic heterocycles. The number of nitrogens with one attached hydrogen (secondary N) is 1. The summed E-state index contributed by atoms with van der Waals surface area (Å²) in [4.78, 5) is 0.184. The highest BCUT2D eigenvalue weighted by atomic mass is 32.2. The second-order valence-electron chi connectivity index (χ2n) is 4.85. The third-order valence-corrected chi connectivity index (χ3v) is 4.71. The Morgan fingerprint density at radius 3 is 2.83 bits per heavy atom. The molecular formula is C12H16N2O3S. The van der Waals surface area contributed by atoms with Gasteiger partial charge in [0.1, 0.15) is 10.6 Å². The second-order valence-corrected chi connectivity index (χ2v) is 6.54. The fraction of sp³-hybridized carbons (Fsp3) is 0.500. The molecule has 0 bridgehead atoms. The Kier molecular flexibility index (Phi) is 2.71. The van der Waals surface area contributed by atoms with Crippen molar-refractivity contribution in [2.45, 2.75) is 36.6 Å². The first-order valence-electron chi connectivity index (χ1n) is 6.14. The van der Waals surface area contributed by atoms with Crippen LogP contribution in [-0.2, 0) is 16.4 Å². The number of aryl methyl sites for hydroxylation is 1. The van der Waals surface area contributed by atoms with Gasteiger partial charge in [-0.1, -0.05) is 0 Å². The molecule has 98 valence electrons. The fourth-order valence-electron chi connectivity index (χ4n) is 2.15. The quantitative estimate of drug-likeness (QED) is 0.802. The zero-order chi connectivity index (χ0) is 12.8. The third-order valence-electron chi connectivity index (χ3n) is 3.18. The average Bonchev–Trinajstić information content (AvgIpc) is 3.11. The van der Waals surface area contributed by atoms with E-state index in [0.29, 0.717) is 18.0 Å². The van der Waals surface area contributed by atoms with Crippen LogP contribution < -0.4 is 15.2 Å². The van der Waals surface area contributed by atoms with Crippen LogP contribution in [-0.4, -0.2) is 21.1 Å². The van der Waals surface area contributed by atoms with E-state index in [-0.39, 0.29) is 10.9 Å². The number of nitrogen functional groups attached to an aromatic ring is 1. The summed E-state index contributed by atoms with van der Waals surface area (Å²) < 4.78 is 32.7. The molecule has 2 aliphatic rings. The number of nitrogens with two attached hydrogens (primary N) is 1. The lowest BCUT2D eigenvalue weighted by atomic mass is 10.1. The maximum atomic E-state index is 12.3. The van der Waals surface area contributed by atoms with E-state index in [9.17, 15) is 8.42 Å². The molecule has 0 atom stereocenters. The van der Waals surface area contributed by atoms with Gasteiger partial charge >= 0.3 is 0 Å². The predicted molar refractivity (Wildman–Crippen MR) is 68.0 cm³/mol. The molecule has 0 amide bonds. The summed E-state index contributed by atoms with van der Waals surface area (Å²) in [5.41, 5.74) is 7.13. The first-order chi connectivity index (χ1) is 8.56. The van der Waals surface area contributed by atoms with Gasteiger partial charge in [-0.2, -0.15) is 0 Å². The molecule has 1 heterocycles. The van der Waals surface area contributed by atoms with Crippen LogP contribution >= 0.6 is 0 Å². The molecule has 3 rings (SSSR count). The highest BCUT2D eigenvalue weighted by molar-refractivity contribution is 7.89. The minimum Gasteiger partial charge on any atom is -0.492 e. The molecule has 1 aliphatic heterocycles. The maximum absolute atomic E-state index is 12.3. The molecular weight excluding hydrogens is 252 g/mol. The van der Waals surface area contributed by atoms with Gasteiger partial charge in [0.15, 0.2) is 0 Å². The summed E-state index contributed by atoms with van der Waals surface area (Å²) in [6.07, 6.45) is 3.52. The molecule has 1 saturated carbocycles. The number of fused-ring (bicyclic) bond motifs is 1. The van der Waals surface area contributed by atoms with Crippen LogP contribution in [0.4, 0.5) is 5.69 Å². The zero-order valence-corrected chi connectivity index (χ0v) is 10.8. The molecule has 5 nitrogen and oxygen atoms in total. The van der Waals surface area contributed by atoms with Crippen LogP contribution in [0.1, 0.15) is 24.8 Å². The van der Waals surface area contributed by atoms with Crippen molar-refractivity contribution >= 4 is 15.7 Å². The average molecular weight is 268 g/mol. The Hall–Kier alpha value is -1.27. The Morgan fingerprint density at radius 2 is 2.11 bits per heavy atom. The summed E-state index contributed by atoms with van der Waals surface area (Å²) in [7, 11) is -3.52. The van der Waals surface area contributed by atoms with Gasteiger partial charge in [-0.15, -0.1) is 0 Å². The lowest BCUT2D eigenvalue weighted by Gasteiger charge is -2.21. The van der Waals surface area contributed by atoms with Crippen molar-refractivity contribution in [1.29, 1.82) is 0 Å². The minimum atomic E-state index is -3.52. The highest BCUT2D eigenvalue weighted by Gasteiger charge is 2.31. The van der Waals surface area contributed by atoms with E-state index in [1.54, 1.807) is 6.07 Å². The van der Waals surface area contributed by atoms with Crippen LogP contribution in [0, 0.1) is 0 Å². The molecule has 1 aromatic rings. The van der Waals surface area contributed by atoms with Crippen LogP contribution in [0.3, 0.4) is 0 Å². The largest absolute Gasteiger partial charge is 0.492 e. The van der Waals surface area contributed by atoms with Gasteiger partial charge in [0.25, 0.3) is 0 Å². The van der Waals surface area contributed by atoms with Gasteiger partial charge in [0, 0.05) is 11.7 Å². The molecule has 0 spiro atoms. The SMILES string of the molecule is Nc1cc2c(c(S(=O)(=O)NC3CC3)c1)OCCC2. The first kappa shape index (κ1) is 11.8. The minimum absolute atomic E-state index is 0.0793. The van der Waals surface area contributed by atoms with E-state index in [4.69, 9.17) is 10.5 Å². The monoisotopic (exact) mass is 268 g/mol. The first-order valence-corrected chi connectivity index (χ1v) is 7.62. The summed E-state index contributed by atoms with van der Waals surface area (Å²) in [5.74, 6) is 0.476. The van der Waals surface area contributed by atoms with Crippen molar-refractivity contribution in [3.8, 4) is 5.75 Å². The maximum Gasteiger partial charge on any atom is 0.244 e. The summed E-state index contributed by atoms with van der Waals surface area (Å²) in [6, 6.07) is 3.36. The Morgan fingerprint density at radius 1 is 1.33 bits per heavy atom. The number of hydrogen-bond donors (Lipinski definition) is 2. The number of benzene rings is 1. The topological polar surface area (TPSA) is 81.4 Å². The van der Waals surface area contributed by atoms with Crippen molar-refractivity contribution in [1.82, 2.24) is 4.72 Å². The number of anilines is 1. The van der Waals surface area contributed by atoms with Gasteiger partial charge in [-0.25, -0.2) is 13.1 Å². The molecule has 0 saturated heterocycles. The predicted octanol–water partition coefficient (Wildman–Crippen LogP) is 1.03. The molecule has 6 heteroatoms. The van der Waals surface area contributed by atoms with Crippen LogP contribution in [0.5, 0.6) is 5.75 Å². The van der Waals surface area contributed by atoms with E-state index in [0.717, 1.165) is 31.2 Å². The summed E-state index contributed by atoms with van der Waals surface area (Å²) in [6.45, 7) is 0.558. The number of hydrogen-bond acceptors (Lipinski definition) is 4. The van der Waals surface area contributed by atoms with Crippen molar-refractivity contribution in [3.05, 3.63) is 17.7 Å². The summed E-state index contributed by atoms with van der Waals surface area (Å²) in [5, 5.41) is 0. The molecule has 1 fully saturated rings. The molecule has 0 unspecified atom stereocenters.